The highest BCUT2D eigenvalue weighted by atomic mass is 35.5. The van der Waals surface area contributed by atoms with E-state index in [1.54, 1.807) is 18.2 Å². The number of hydrogen-bond donors (Lipinski definition) is 2. The van der Waals surface area contributed by atoms with Gasteiger partial charge in [-0.3, -0.25) is 4.79 Å². The fourth-order valence-electron chi connectivity index (χ4n) is 1.89. The lowest BCUT2D eigenvalue weighted by molar-refractivity contribution is -0.117. The van der Waals surface area contributed by atoms with Crippen molar-refractivity contribution in [1.29, 1.82) is 0 Å². The quantitative estimate of drug-likeness (QED) is 0.833. The molecule has 0 aliphatic heterocycles. The largest absolute Gasteiger partial charge is 0.394 e. The van der Waals surface area contributed by atoms with Crippen LogP contribution in [0.4, 0.5) is 0 Å². The van der Waals surface area contributed by atoms with Gasteiger partial charge in [0.05, 0.1) is 12.6 Å². The van der Waals surface area contributed by atoms with E-state index in [2.05, 4.69) is 5.32 Å². The summed E-state index contributed by atoms with van der Waals surface area (Å²) < 4.78 is 0. The summed E-state index contributed by atoms with van der Waals surface area (Å²) in [5, 5.41) is 12.8. The first-order chi connectivity index (χ1) is 10.2. The normalized spacial score (nSPS) is 12.3. The molecule has 1 atom stereocenters. The number of amides is 1. The Morgan fingerprint density at radius 3 is 2.43 bits per heavy atom. The van der Waals surface area contributed by atoms with Gasteiger partial charge in [-0.1, -0.05) is 54.1 Å². The molecule has 0 aliphatic rings. The number of halogens is 1. The van der Waals surface area contributed by atoms with Gasteiger partial charge in [0.25, 0.3) is 0 Å². The van der Waals surface area contributed by atoms with E-state index in [-0.39, 0.29) is 12.5 Å². The molecule has 2 N–H and O–H groups in total. The molecule has 0 aliphatic carbocycles. The van der Waals surface area contributed by atoms with Crippen molar-refractivity contribution in [3.8, 4) is 0 Å². The molecule has 0 bridgehead atoms. The molecule has 2 aromatic rings. The Kier molecular flexibility index (Phi) is 5.55. The molecule has 108 valence electrons. The smallest absolute Gasteiger partial charge is 0.244 e. The molecular formula is C17H16ClNO2. The molecule has 1 amide bonds. The molecule has 0 fully saturated rings. The topological polar surface area (TPSA) is 49.3 Å². The number of aliphatic hydroxyl groups is 1. The second-order valence-electron chi connectivity index (χ2n) is 4.54. The molecule has 0 saturated carbocycles. The Labute approximate surface area is 128 Å². The van der Waals surface area contributed by atoms with Gasteiger partial charge in [0, 0.05) is 11.1 Å². The van der Waals surface area contributed by atoms with Crippen molar-refractivity contribution in [2.75, 3.05) is 6.61 Å². The zero-order chi connectivity index (χ0) is 15.1. The number of aliphatic hydroxyl groups excluding tert-OH is 1. The molecule has 1 unspecified atom stereocenters. The van der Waals surface area contributed by atoms with Crippen LogP contribution in [-0.2, 0) is 4.79 Å². The Balaban J connectivity index is 1.98. The maximum absolute atomic E-state index is 11.9. The monoisotopic (exact) mass is 301 g/mol. The van der Waals surface area contributed by atoms with Gasteiger partial charge >= 0.3 is 0 Å². The van der Waals surface area contributed by atoms with Crippen molar-refractivity contribution in [3.63, 3.8) is 0 Å². The minimum absolute atomic E-state index is 0.148. The van der Waals surface area contributed by atoms with E-state index in [0.717, 1.165) is 11.1 Å². The van der Waals surface area contributed by atoms with E-state index >= 15 is 0 Å². The number of benzene rings is 2. The molecule has 3 nitrogen and oxygen atoms in total. The van der Waals surface area contributed by atoms with Crippen LogP contribution in [0, 0.1) is 0 Å². The van der Waals surface area contributed by atoms with Crippen molar-refractivity contribution in [2.45, 2.75) is 6.04 Å². The van der Waals surface area contributed by atoms with Crippen molar-refractivity contribution >= 4 is 23.6 Å². The lowest BCUT2D eigenvalue weighted by Gasteiger charge is -2.15. The molecule has 0 radical (unpaired) electrons. The SMILES string of the molecule is O=C(C=Cc1ccc(Cl)cc1)NC(CO)c1ccccc1. The van der Waals surface area contributed by atoms with E-state index in [0.29, 0.717) is 5.02 Å². The fraction of sp³-hybridized carbons (Fsp3) is 0.118. The molecule has 0 aromatic heterocycles. The fourth-order valence-corrected chi connectivity index (χ4v) is 2.01. The Morgan fingerprint density at radius 2 is 1.81 bits per heavy atom. The number of carbonyl (C=O) groups is 1. The van der Waals surface area contributed by atoms with Crippen LogP contribution in [0.1, 0.15) is 17.2 Å². The summed E-state index contributed by atoms with van der Waals surface area (Å²) in [5.41, 5.74) is 1.75. The van der Waals surface area contributed by atoms with Gasteiger partial charge in [-0.05, 0) is 29.3 Å². The maximum atomic E-state index is 11.9. The third-order valence-electron chi connectivity index (χ3n) is 3.00. The van der Waals surface area contributed by atoms with Crippen LogP contribution in [0.5, 0.6) is 0 Å². The minimum atomic E-state index is -0.409. The summed E-state index contributed by atoms with van der Waals surface area (Å²) in [5.74, 6) is -0.257. The standard InChI is InChI=1S/C17H16ClNO2/c18-15-9-6-13(7-10-15)8-11-17(21)19-16(12-20)14-4-2-1-3-5-14/h1-11,16,20H,12H2,(H,19,21). The van der Waals surface area contributed by atoms with E-state index < -0.39 is 6.04 Å². The Hall–Kier alpha value is -2.10. The van der Waals surface area contributed by atoms with Crippen LogP contribution >= 0.6 is 11.6 Å². The van der Waals surface area contributed by atoms with Crippen LogP contribution in [0.15, 0.2) is 60.7 Å². The predicted octanol–water partition coefficient (Wildman–Crippen LogP) is 3.20. The van der Waals surface area contributed by atoms with Crippen molar-refractivity contribution in [1.82, 2.24) is 5.32 Å². The summed E-state index contributed by atoms with van der Waals surface area (Å²) in [7, 11) is 0. The van der Waals surface area contributed by atoms with Crippen molar-refractivity contribution in [2.24, 2.45) is 0 Å². The molecule has 2 aromatic carbocycles. The van der Waals surface area contributed by atoms with E-state index in [9.17, 15) is 9.90 Å². The van der Waals surface area contributed by atoms with Gasteiger partial charge in [-0.2, -0.15) is 0 Å². The van der Waals surface area contributed by atoms with Crippen LogP contribution in [0.3, 0.4) is 0 Å². The average molecular weight is 302 g/mol. The second-order valence-corrected chi connectivity index (χ2v) is 4.98. The Morgan fingerprint density at radius 1 is 1.14 bits per heavy atom. The summed E-state index contributed by atoms with van der Waals surface area (Å²) in [6.45, 7) is -0.148. The minimum Gasteiger partial charge on any atom is -0.394 e. The van der Waals surface area contributed by atoms with Gasteiger partial charge < -0.3 is 10.4 Å². The van der Waals surface area contributed by atoms with Gasteiger partial charge in [0.1, 0.15) is 0 Å². The number of hydrogen-bond acceptors (Lipinski definition) is 2. The van der Waals surface area contributed by atoms with Crippen LogP contribution in [-0.4, -0.2) is 17.6 Å². The summed E-state index contributed by atoms with van der Waals surface area (Å²) in [6.07, 6.45) is 3.14. The first kappa shape index (κ1) is 15.3. The third-order valence-corrected chi connectivity index (χ3v) is 3.25. The van der Waals surface area contributed by atoms with Gasteiger partial charge in [0.15, 0.2) is 0 Å². The molecular weight excluding hydrogens is 286 g/mol. The third kappa shape index (κ3) is 4.74. The molecule has 0 saturated heterocycles. The highest BCUT2D eigenvalue weighted by Crippen LogP contribution is 2.12. The van der Waals surface area contributed by atoms with E-state index in [1.807, 2.05) is 42.5 Å². The number of nitrogens with one attached hydrogen (secondary N) is 1. The molecule has 4 heteroatoms. The van der Waals surface area contributed by atoms with E-state index in [1.165, 1.54) is 6.08 Å². The summed E-state index contributed by atoms with van der Waals surface area (Å²) in [6, 6.07) is 16.1. The van der Waals surface area contributed by atoms with Gasteiger partial charge in [-0.15, -0.1) is 0 Å². The van der Waals surface area contributed by atoms with Crippen molar-refractivity contribution in [3.05, 3.63) is 76.8 Å². The summed E-state index contributed by atoms with van der Waals surface area (Å²) >= 11 is 5.80. The van der Waals surface area contributed by atoms with E-state index in [4.69, 9.17) is 11.6 Å². The number of rotatable bonds is 5. The summed E-state index contributed by atoms with van der Waals surface area (Å²) in [4.78, 5) is 11.9. The average Bonchev–Trinajstić information content (AvgIpc) is 2.53. The predicted molar refractivity (Wildman–Crippen MR) is 84.9 cm³/mol. The van der Waals surface area contributed by atoms with Crippen LogP contribution < -0.4 is 5.32 Å². The molecule has 0 heterocycles. The maximum Gasteiger partial charge on any atom is 0.244 e. The van der Waals surface area contributed by atoms with Crippen molar-refractivity contribution < 1.29 is 9.90 Å². The van der Waals surface area contributed by atoms with Crippen LogP contribution in [0.25, 0.3) is 6.08 Å². The van der Waals surface area contributed by atoms with Crippen LogP contribution in [0.2, 0.25) is 5.02 Å². The first-order valence-electron chi connectivity index (χ1n) is 6.59. The second kappa shape index (κ2) is 7.62. The molecule has 2 rings (SSSR count). The first-order valence-corrected chi connectivity index (χ1v) is 6.97. The lowest BCUT2D eigenvalue weighted by Crippen LogP contribution is -2.29. The molecule has 21 heavy (non-hydrogen) atoms. The van der Waals surface area contributed by atoms with Gasteiger partial charge in [0.2, 0.25) is 5.91 Å². The van der Waals surface area contributed by atoms with Gasteiger partial charge in [-0.25, -0.2) is 0 Å². The molecule has 0 spiro atoms. The highest BCUT2D eigenvalue weighted by molar-refractivity contribution is 6.30. The Bertz CT molecular complexity index is 608. The zero-order valence-corrected chi connectivity index (χ0v) is 12.1. The number of carbonyl (C=O) groups excluding carboxylic acids is 1. The lowest BCUT2D eigenvalue weighted by atomic mass is 10.1. The zero-order valence-electron chi connectivity index (χ0n) is 11.4. The highest BCUT2D eigenvalue weighted by Gasteiger charge is 2.11.